The molecule has 0 amide bonds. The Morgan fingerprint density at radius 2 is 1.84 bits per heavy atom. The number of rotatable bonds is 7. The van der Waals surface area contributed by atoms with Crippen LogP contribution < -0.4 is 10.6 Å². The van der Waals surface area contributed by atoms with E-state index in [1.54, 1.807) is 0 Å². The summed E-state index contributed by atoms with van der Waals surface area (Å²) in [5.41, 5.74) is 8.26. The molecular formula is C16H25N3. The van der Waals surface area contributed by atoms with Gasteiger partial charge in [-0.3, -0.25) is 0 Å². The third-order valence-electron chi connectivity index (χ3n) is 3.71. The highest BCUT2D eigenvalue weighted by Crippen LogP contribution is 2.24. The zero-order valence-corrected chi connectivity index (χ0v) is 11.9. The molecule has 0 aromatic heterocycles. The summed E-state index contributed by atoms with van der Waals surface area (Å²) in [6.07, 6.45) is 7.97. The molecule has 2 rings (SSSR count). The molecule has 0 aliphatic carbocycles. The summed E-state index contributed by atoms with van der Waals surface area (Å²) in [5, 5.41) is 0. The Morgan fingerprint density at radius 1 is 1.11 bits per heavy atom. The van der Waals surface area contributed by atoms with Gasteiger partial charge in [-0.2, -0.15) is 0 Å². The first-order valence-corrected chi connectivity index (χ1v) is 7.47. The van der Waals surface area contributed by atoms with Crippen molar-refractivity contribution in [1.82, 2.24) is 0 Å². The molecular weight excluding hydrogens is 234 g/mol. The molecule has 0 radical (unpaired) electrons. The van der Waals surface area contributed by atoms with Gasteiger partial charge in [-0.05, 0) is 18.6 Å². The van der Waals surface area contributed by atoms with E-state index in [2.05, 4.69) is 35.0 Å². The minimum absolute atomic E-state index is 0.676. The number of unbranched alkanes of at least 4 members (excludes halogenated alkanes) is 5. The number of aliphatic imine (C=N–C) groups is 1. The molecule has 1 aromatic rings. The fraction of sp³-hybridized carbons (Fsp3) is 0.562. The molecule has 0 atom stereocenters. The van der Waals surface area contributed by atoms with E-state index in [1.807, 2.05) is 6.07 Å². The maximum Gasteiger partial charge on any atom is 0.129 e. The van der Waals surface area contributed by atoms with Crippen LogP contribution in [0.1, 0.15) is 51.0 Å². The standard InChI is InChI=1S/C16H25N3/c1-2-3-4-5-6-9-12-19-13-18-16(17)14-10-7-8-11-15(14)19/h7-8,10-11H,2-6,9,12-13H2,1H3,(H2,17,18). The van der Waals surface area contributed by atoms with Crippen LogP contribution in [0.15, 0.2) is 29.3 Å². The van der Waals surface area contributed by atoms with E-state index in [4.69, 9.17) is 5.73 Å². The third kappa shape index (κ3) is 3.72. The summed E-state index contributed by atoms with van der Waals surface area (Å²) in [6.45, 7) is 4.05. The van der Waals surface area contributed by atoms with Crippen molar-refractivity contribution >= 4 is 11.5 Å². The first kappa shape index (κ1) is 13.9. The minimum Gasteiger partial charge on any atom is -0.383 e. The van der Waals surface area contributed by atoms with Crippen LogP contribution in [0.2, 0.25) is 0 Å². The normalized spacial score (nSPS) is 14.2. The highest BCUT2D eigenvalue weighted by atomic mass is 15.2. The van der Waals surface area contributed by atoms with Gasteiger partial charge in [0.1, 0.15) is 12.5 Å². The van der Waals surface area contributed by atoms with Gasteiger partial charge in [0.05, 0.1) is 0 Å². The molecule has 0 spiro atoms. The van der Waals surface area contributed by atoms with Crippen molar-refractivity contribution in [2.45, 2.75) is 45.4 Å². The summed E-state index contributed by atoms with van der Waals surface area (Å²) < 4.78 is 0. The van der Waals surface area contributed by atoms with Gasteiger partial charge in [0.25, 0.3) is 0 Å². The number of hydrogen-bond acceptors (Lipinski definition) is 3. The summed E-state index contributed by atoms with van der Waals surface area (Å²) in [5.74, 6) is 0.676. The first-order valence-electron chi connectivity index (χ1n) is 7.47. The fourth-order valence-electron chi connectivity index (χ4n) is 2.56. The lowest BCUT2D eigenvalue weighted by Gasteiger charge is -2.28. The molecule has 1 aromatic carbocycles. The van der Waals surface area contributed by atoms with E-state index in [0.29, 0.717) is 12.5 Å². The summed E-state index contributed by atoms with van der Waals surface area (Å²) in [7, 11) is 0. The van der Waals surface area contributed by atoms with Crippen LogP contribution in [0.4, 0.5) is 5.69 Å². The van der Waals surface area contributed by atoms with Crippen molar-refractivity contribution in [2.24, 2.45) is 10.7 Å². The number of para-hydroxylation sites is 1. The van der Waals surface area contributed by atoms with Gasteiger partial charge in [-0.15, -0.1) is 0 Å². The van der Waals surface area contributed by atoms with Crippen LogP contribution in [0, 0.1) is 0 Å². The molecule has 2 N–H and O–H groups in total. The van der Waals surface area contributed by atoms with Crippen LogP contribution >= 0.6 is 0 Å². The quantitative estimate of drug-likeness (QED) is 0.761. The van der Waals surface area contributed by atoms with Gasteiger partial charge in [0.15, 0.2) is 0 Å². The van der Waals surface area contributed by atoms with Crippen molar-refractivity contribution in [1.29, 1.82) is 0 Å². The Hall–Kier alpha value is -1.51. The predicted octanol–water partition coefficient (Wildman–Crippen LogP) is 3.53. The Kier molecular flexibility index (Phi) is 5.25. The topological polar surface area (TPSA) is 41.6 Å². The van der Waals surface area contributed by atoms with Crippen molar-refractivity contribution in [3.05, 3.63) is 29.8 Å². The summed E-state index contributed by atoms with van der Waals surface area (Å²) >= 11 is 0. The molecule has 104 valence electrons. The lowest BCUT2D eigenvalue weighted by atomic mass is 10.1. The van der Waals surface area contributed by atoms with E-state index in [-0.39, 0.29) is 0 Å². The number of fused-ring (bicyclic) bond motifs is 1. The molecule has 0 bridgehead atoms. The second kappa shape index (κ2) is 7.17. The monoisotopic (exact) mass is 259 g/mol. The maximum atomic E-state index is 5.94. The molecule has 0 saturated heterocycles. The Balaban J connectivity index is 1.82. The second-order valence-corrected chi connectivity index (χ2v) is 5.23. The molecule has 0 saturated carbocycles. The summed E-state index contributed by atoms with van der Waals surface area (Å²) in [6, 6.07) is 8.30. The highest BCUT2D eigenvalue weighted by Gasteiger charge is 2.16. The van der Waals surface area contributed by atoms with Crippen LogP contribution in [0.5, 0.6) is 0 Å². The molecule has 1 aliphatic heterocycles. The first-order chi connectivity index (χ1) is 9.33. The number of amidine groups is 1. The van der Waals surface area contributed by atoms with E-state index < -0.39 is 0 Å². The molecule has 3 heteroatoms. The number of nitrogens with zero attached hydrogens (tertiary/aromatic N) is 2. The van der Waals surface area contributed by atoms with Gasteiger partial charge in [0, 0.05) is 17.8 Å². The third-order valence-corrected chi connectivity index (χ3v) is 3.71. The fourth-order valence-corrected chi connectivity index (χ4v) is 2.56. The second-order valence-electron chi connectivity index (χ2n) is 5.23. The van der Waals surface area contributed by atoms with Crippen LogP contribution in [0.3, 0.4) is 0 Å². The van der Waals surface area contributed by atoms with Crippen LogP contribution in [0.25, 0.3) is 0 Å². The van der Waals surface area contributed by atoms with E-state index in [0.717, 1.165) is 12.1 Å². The Morgan fingerprint density at radius 3 is 2.68 bits per heavy atom. The Labute approximate surface area is 116 Å². The zero-order valence-electron chi connectivity index (χ0n) is 11.9. The average molecular weight is 259 g/mol. The molecule has 0 fully saturated rings. The largest absolute Gasteiger partial charge is 0.383 e. The average Bonchev–Trinajstić information content (AvgIpc) is 2.45. The SMILES string of the molecule is CCCCCCCCN1CN=C(N)c2ccccc21. The van der Waals surface area contributed by atoms with Crippen LogP contribution in [-0.4, -0.2) is 19.0 Å². The van der Waals surface area contributed by atoms with Crippen molar-refractivity contribution in [3.8, 4) is 0 Å². The zero-order chi connectivity index (χ0) is 13.5. The Bertz CT molecular complexity index is 426. The number of hydrogen-bond donors (Lipinski definition) is 1. The lowest BCUT2D eigenvalue weighted by molar-refractivity contribution is 0.599. The molecule has 3 nitrogen and oxygen atoms in total. The van der Waals surface area contributed by atoms with E-state index >= 15 is 0 Å². The van der Waals surface area contributed by atoms with E-state index in [1.165, 1.54) is 44.2 Å². The lowest BCUT2D eigenvalue weighted by Crippen LogP contribution is -2.33. The van der Waals surface area contributed by atoms with Crippen molar-refractivity contribution in [3.63, 3.8) is 0 Å². The minimum atomic E-state index is 0.676. The smallest absolute Gasteiger partial charge is 0.129 e. The van der Waals surface area contributed by atoms with Gasteiger partial charge < -0.3 is 10.6 Å². The summed E-state index contributed by atoms with van der Waals surface area (Å²) in [4.78, 5) is 6.74. The van der Waals surface area contributed by atoms with Crippen molar-refractivity contribution < 1.29 is 0 Å². The number of benzene rings is 1. The molecule has 19 heavy (non-hydrogen) atoms. The number of nitrogens with two attached hydrogens (primary N) is 1. The maximum absolute atomic E-state index is 5.94. The molecule has 0 unspecified atom stereocenters. The van der Waals surface area contributed by atoms with E-state index in [9.17, 15) is 0 Å². The molecule has 1 aliphatic rings. The van der Waals surface area contributed by atoms with Gasteiger partial charge >= 0.3 is 0 Å². The van der Waals surface area contributed by atoms with Gasteiger partial charge in [-0.1, -0.05) is 51.2 Å². The van der Waals surface area contributed by atoms with Gasteiger partial charge in [-0.25, -0.2) is 4.99 Å². The van der Waals surface area contributed by atoms with Crippen LogP contribution in [-0.2, 0) is 0 Å². The highest BCUT2D eigenvalue weighted by molar-refractivity contribution is 6.03. The molecule has 1 heterocycles. The van der Waals surface area contributed by atoms with Gasteiger partial charge in [0.2, 0.25) is 0 Å². The predicted molar refractivity (Wildman–Crippen MR) is 82.8 cm³/mol. The van der Waals surface area contributed by atoms with Crippen molar-refractivity contribution in [2.75, 3.05) is 18.1 Å². The number of anilines is 1.